The molecule has 35 heavy (non-hydrogen) atoms. The molecule has 1 amide bonds. The first kappa shape index (κ1) is 21.6. The van der Waals surface area contributed by atoms with Crippen molar-refractivity contribution < 1.29 is 9.90 Å². The zero-order chi connectivity index (χ0) is 23.9. The van der Waals surface area contributed by atoms with Crippen LogP contribution in [0.3, 0.4) is 0 Å². The molecule has 1 N–H and O–H groups in total. The maximum atomic E-state index is 13.8. The lowest BCUT2D eigenvalue weighted by Gasteiger charge is -2.42. The number of para-hydroxylation sites is 1. The Hall–Kier alpha value is -3.89. The average Bonchev–Trinajstić information content (AvgIpc) is 3.20. The summed E-state index contributed by atoms with van der Waals surface area (Å²) in [7, 11) is 2.09. The summed E-state index contributed by atoms with van der Waals surface area (Å²) in [6.07, 6.45) is 0.764. The Balaban J connectivity index is 1.50. The van der Waals surface area contributed by atoms with Gasteiger partial charge in [0.25, 0.3) is 5.91 Å². The minimum absolute atomic E-state index is 0.0234. The molecule has 0 radical (unpaired) electrons. The lowest BCUT2D eigenvalue weighted by atomic mass is 9.79. The number of nitrogens with zero attached hydrogens (tertiary/aromatic N) is 2. The minimum atomic E-state index is -0.241. The molecule has 1 aliphatic heterocycles. The largest absolute Gasteiger partial charge is 0.396 e. The van der Waals surface area contributed by atoms with Crippen molar-refractivity contribution in [1.82, 2.24) is 9.47 Å². The van der Waals surface area contributed by atoms with Gasteiger partial charge in [0.15, 0.2) is 0 Å². The first-order chi connectivity index (χ1) is 17.2. The molecule has 2 atom stereocenters. The summed E-state index contributed by atoms with van der Waals surface area (Å²) in [6, 6.07) is 32.7. The molecular weight excluding hydrogens is 432 g/mol. The van der Waals surface area contributed by atoms with E-state index < -0.39 is 0 Å². The lowest BCUT2D eigenvalue weighted by molar-refractivity contribution is 0.0566. The van der Waals surface area contributed by atoms with E-state index in [2.05, 4.69) is 66.2 Å². The molecule has 0 aliphatic carbocycles. The Labute approximate surface area is 205 Å². The van der Waals surface area contributed by atoms with Gasteiger partial charge in [0.1, 0.15) is 0 Å². The second kappa shape index (κ2) is 8.71. The highest BCUT2D eigenvalue weighted by Gasteiger charge is 2.40. The molecule has 0 bridgehead atoms. The number of aliphatic hydroxyl groups excluding tert-OH is 1. The third-order valence-electron chi connectivity index (χ3n) is 7.53. The van der Waals surface area contributed by atoms with E-state index in [1.165, 1.54) is 21.9 Å². The smallest absolute Gasteiger partial charge is 0.254 e. The van der Waals surface area contributed by atoms with Gasteiger partial charge < -0.3 is 14.6 Å². The Morgan fingerprint density at radius 1 is 0.800 bits per heavy atom. The van der Waals surface area contributed by atoms with E-state index in [1.54, 1.807) is 0 Å². The maximum Gasteiger partial charge on any atom is 0.254 e. The van der Waals surface area contributed by atoms with Gasteiger partial charge in [-0.05, 0) is 47.4 Å². The van der Waals surface area contributed by atoms with Crippen LogP contribution in [0.2, 0.25) is 0 Å². The van der Waals surface area contributed by atoms with Crippen molar-refractivity contribution in [2.45, 2.75) is 18.4 Å². The lowest BCUT2D eigenvalue weighted by Crippen LogP contribution is -2.44. The number of rotatable bonds is 5. The van der Waals surface area contributed by atoms with E-state index in [-0.39, 0.29) is 24.5 Å². The number of carbonyl (C=O) groups excluding carboxylic acids is 1. The number of aromatic nitrogens is 1. The number of aliphatic hydroxyl groups is 1. The standard InChI is InChI=1S/C31H28N2O2/c1-32-28-14-8-7-12-24(28)26-19-22(15-16-29(26)32)30-27(20-34)23-11-5-6-13-25(23)31(35)33(30)18-17-21-9-3-2-4-10-21/h2-16,19,27,30,34H,17-18,20H2,1H3/t27-,30+/m1/s1. The highest BCUT2D eigenvalue weighted by atomic mass is 16.3. The van der Waals surface area contributed by atoms with Crippen LogP contribution in [0.4, 0.5) is 0 Å². The van der Waals surface area contributed by atoms with Crippen LogP contribution < -0.4 is 0 Å². The van der Waals surface area contributed by atoms with E-state index >= 15 is 0 Å². The Kier molecular flexibility index (Phi) is 5.39. The first-order valence-corrected chi connectivity index (χ1v) is 12.2. The summed E-state index contributed by atoms with van der Waals surface area (Å²) in [5.74, 6) is -0.156. The van der Waals surface area contributed by atoms with Gasteiger partial charge in [-0.15, -0.1) is 0 Å². The van der Waals surface area contributed by atoms with Gasteiger partial charge in [0.05, 0.1) is 12.6 Å². The molecule has 4 aromatic carbocycles. The summed E-state index contributed by atoms with van der Waals surface area (Å²) < 4.78 is 2.21. The normalized spacial score (nSPS) is 17.8. The van der Waals surface area contributed by atoms with Gasteiger partial charge in [-0.2, -0.15) is 0 Å². The van der Waals surface area contributed by atoms with Crippen LogP contribution in [0, 0.1) is 0 Å². The molecular formula is C31H28N2O2. The Bertz CT molecular complexity index is 1540. The summed E-state index contributed by atoms with van der Waals surface area (Å²) >= 11 is 0. The van der Waals surface area contributed by atoms with Crippen LogP contribution in [0.1, 0.15) is 39.0 Å². The summed E-state index contributed by atoms with van der Waals surface area (Å²) in [5.41, 5.74) is 6.23. The highest BCUT2D eigenvalue weighted by molar-refractivity contribution is 6.08. The van der Waals surface area contributed by atoms with Crippen molar-refractivity contribution in [3.05, 3.63) is 119 Å². The van der Waals surface area contributed by atoms with Gasteiger partial charge in [-0.3, -0.25) is 4.79 Å². The van der Waals surface area contributed by atoms with Crippen molar-refractivity contribution in [2.24, 2.45) is 7.05 Å². The van der Waals surface area contributed by atoms with Gasteiger partial charge in [-0.1, -0.05) is 72.8 Å². The van der Waals surface area contributed by atoms with E-state index in [4.69, 9.17) is 0 Å². The Morgan fingerprint density at radius 3 is 2.34 bits per heavy atom. The minimum Gasteiger partial charge on any atom is -0.396 e. The molecule has 0 unspecified atom stereocenters. The SMILES string of the molecule is Cn1c2ccccc2c2cc([C@H]3[C@H](CO)c4ccccc4C(=O)N3CCc3ccccc3)ccc21. The second-order valence-electron chi connectivity index (χ2n) is 9.41. The van der Waals surface area contributed by atoms with Crippen LogP contribution >= 0.6 is 0 Å². The van der Waals surface area contributed by atoms with Gasteiger partial charge in [0, 0.05) is 46.9 Å². The molecule has 6 rings (SSSR count). The third kappa shape index (κ3) is 3.53. The van der Waals surface area contributed by atoms with Crippen molar-refractivity contribution in [3.8, 4) is 0 Å². The topological polar surface area (TPSA) is 45.5 Å². The molecule has 174 valence electrons. The molecule has 1 aromatic heterocycles. The number of hydrogen-bond acceptors (Lipinski definition) is 2. The fourth-order valence-electron chi connectivity index (χ4n) is 5.80. The van der Waals surface area contributed by atoms with E-state index in [0.29, 0.717) is 12.1 Å². The molecule has 0 saturated carbocycles. The van der Waals surface area contributed by atoms with Gasteiger partial charge in [-0.25, -0.2) is 0 Å². The molecule has 0 saturated heterocycles. The molecule has 4 nitrogen and oxygen atoms in total. The van der Waals surface area contributed by atoms with Crippen molar-refractivity contribution in [3.63, 3.8) is 0 Å². The van der Waals surface area contributed by atoms with Crippen LogP contribution in [0.5, 0.6) is 0 Å². The van der Waals surface area contributed by atoms with Crippen LogP contribution in [-0.4, -0.2) is 33.6 Å². The van der Waals surface area contributed by atoms with Crippen molar-refractivity contribution in [1.29, 1.82) is 0 Å². The highest BCUT2D eigenvalue weighted by Crippen LogP contribution is 2.43. The van der Waals surface area contributed by atoms with Crippen molar-refractivity contribution in [2.75, 3.05) is 13.2 Å². The zero-order valence-electron chi connectivity index (χ0n) is 19.8. The molecule has 2 heterocycles. The molecule has 0 fully saturated rings. The number of carbonyl (C=O) groups is 1. The van der Waals surface area contributed by atoms with Crippen LogP contribution in [-0.2, 0) is 13.5 Å². The fourth-order valence-corrected chi connectivity index (χ4v) is 5.80. The molecule has 4 heteroatoms. The summed E-state index contributed by atoms with van der Waals surface area (Å²) in [5, 5.41) is 13.0. The molecule has 5 aromatic rings. The predicted octanol–water partition coefficient (Wildman–Crippen LogP) is 5.85. The number of benzene rings is 4. The van der Waals surface area contributed by atoms with Gasteiger partial charge >= 0.3 is 0 Å². The van der Waals surface area contributed by atoms with Crippen LogP contribution in [0.15, 0.2) is 97.1 Å². The summed E-state index contributed by atoms with van der Waals surface area (Å²) in [6.45, 7) is 0.566. The van der Waals surface area contributed by atoms with E-state index in [1.807, 2.05) is 47.4 Å². The molecule has 0 spiro atoms. The van der Waals surface area contributed by atoms with Crippen LogP contribution in [0.25, 0.3) is 21.8 Å². The molecule has 1 aliphatic rings. The Morgan fingerprint density at radius 2 is 1.51 bits per heavy atom. The predicted molar refractivity (Wildman–Crippen MR) is 141 cm³/mol. The average molecular weight is 461 g/mol. The van der Waals surface area contributed by atoms with Gasteiger partial charge in [0.2, 0.25) is 0 Å². The third-order valence-corrected chi connectivity index (χ3v) is 7.53. The van der Waals surface area contributed by atoms with Crippen molar-refractivity contribution >= 4 is 27.7 Å². The number of aryl methyl sites for hydroxylation is 1. The fraction of sp³-hybridized carbons (Fsp3) is 0.194. The number of amides is 1. The van der Waals surface area contributed by atoms with E-state index in [0.717, 1.165) is 23.1 Å². The zero-order valence-corrected chi connectivity index (χ0v) is 19.8. The monoisotopic (exact) mass is 460 g/mol. The maximum absolute atomic E-state index is 13.8. The van der Waals surface area contributed by atoms with E-state index in [9.17, 15) is 9.90 Å². The number of hydrogen-bond donors (Lipinski definition) is 1. The second-order valence-corrected chi connectivity index (χ2v) is 9.41. The summed E-state index contributed by atoms with van der Waals surface area (Å²) in [4.78, 5) is 15.8. The number of fused-ring (bicyclic) bond motifs is 4. The first-order valence-electron chi connectivity index (χ1n) is 12.2. The quantitative estimate of drug-likeness (QED) is 0.358.